The number of hydrogen-bond donors (Lipinski definition) is 0. The summed E-state index contributed by atoms with van der Waals surface area (Å²) in [6, 6.07) is 9.52. The molecule has 1 amide bonds. The molecule has 1 heterocycles. The minimum absolute atomic E-state index is 0.0879. The first-order chi connectivity index (χ1) is 13.2. The van der Waals surface area contributed by atoms with Crippen LogP contribution in [-0.4, -0.2) is 56.8 Å². The number of halogens is 2. The maximum Gasteiger partial charge on any atom is 0.254 e. The molecule has 0 radical (unpaired) electrons. The number of aryl methyl sites for hydroxylation is 1. The summed E-state index contributed by atoms with van der Waals surface area (Å²) >= 11 is 11.8. The van der Waals surface area contributed by atoms with E-state index in [-0.39, 0.29) is 28.9 Å². The van der Waals surface area contributed by atoms with E-state index in [2.05, 4.69) is 0 Å². The monoisotopic (exact) mass is 442 g/mol. The molecule has 1 fully saturated rings. The molecule has 9 heteroatoms. The first kappa shape index (κ1) is 20.9. The predicted molar refractivity (Wildman–Crippen MR) is 109 cm³/mol. The SMILES string of the molecule is COc1cc(C(=O)N2CCN(S(=O)(=O)c3ccc(Cl)c(Cl)c3)CC2)ccc1C. The average Bonchev–Trinajstić information content (AvgIpc) is 2.70. The van der Waals surface area contributed by atoms with E-state index in [4.69, 9.17) is 27.9 Å². The van der Waals surface area contributed by atoms with Gasteiger partial charge in [-0.1, -0.05) is 29.3 Å². The molecule has 1 saturated heterocycles. The van der Waals surface area contributed by atoms with Gasteiger partial charge in [-0.3, -0.25) is 4.79 Å². The Kier molecular flexibility index (Phi) is 6.19. The van der Waals surface area contributed by atoms with Gasteiger partial charge in [-0.2, -0.15) is 4.31 Å². The van der Waals surface area contributed by atoms with Crippen molar-refractivity contribution in [2.45, 2.75) is 11.8 Å². The third-order valence-electron chi connectivity index (χ3n) is 4.71. The Bertz CT molecular complexity index is 1000. The van der Waals surface area contributed by atoms with E-state index < -0.39 is 10.0 Å². The van der Waals surface area contributed by atoms with Crippen molar-refractivity contribution >= 4 is 39.1 Å². The Morgan fingerprint density at radius 2 is 1.68 bits per heavy atom. The molecule has 150 valence electrons. The summed E-state index contributed by atoms with van der Waals surface area (Å²) in [6.45, 7) is 2.92. The number of rotatable bonds is 4. The summed E-state index contributed by atoms with van der Waals surface area (Å²) in [4.78, 5) is 14.5. The molecule has 0 saturated carbocycles. The zero-order valence-electron chi connectivity index (χ0n) is 15.5. The summed E-state index contributed by atoms with van der Waals surface area (Å²) in [5.74, 6) is 0.497. The molecule has 3 rings (SSSR count). The van der Waals surface area contributed by atoms with Crippen molar-refractivity contribution in [3.05, 3.63) is 57.6 Å². The Morgan fingerprint density at radius 3 is 2.29 bits per heavy atom. The van der Waals surface area contributed by atoms with Gasteiger partial charge in [-0.05, 0) is 42.8 Å². The molecule has 0 spiro atoms. The first-order valence-electron chi connectivity index (χ1n) is 8.63. The number of methoxy groups -OCH3 is 1. The van der Waals surface area contributed by atoms with Gasteiger partial charge in [0.25, 0.3) is 5.91 Å². The minimum Gasteiger partial charge on any atom is -0.496 e. The van der Waals surface area contributed by atoms with Crippen LogP contribution in [0.5, 0.6) is 5.75 Å². The molecule has 0 unspecified atom stereocenters. The fraction of sp³-hybridized carbons (Fsp3) is 0.316. The zero-order chi connectivity index (χ0) is 20.5. The molecule has 0 N–H and O–H groups in total. The number of piperazine rings is 1. The van der Waals surface area contributed by atoms with Gasteiger partial charge in [-0.15, -0.1) is 0 Å². The van der Waals surface area contributed by atoms with Crippen molar-refractivity contribution in [1.29, 1.82) is 0 Å². The fourth-order valence-corrected chi connectivity index (χ4v) is 4.87. The number of amides is 1. The molecule has 0 aliphatic carbocycles. The topological polar surface area (TPSA) is 66.9 Å². The van der Waals surface area contributed by atoms with Gasteiger partial charge in [0, 0.05) is 31.7 Å². The maximum atomic E-state index is 12.8. The maximum absolute atomic E-state index is 12.8. The van der Waals surface area contributed by atoms with Crippen molar-refractivity contribution in [2.24, 2.45) is 0 Å². The lowest BCUT2D eigenvalue weighted by molar-refractivity contribution is 0.0697. The Hall–Kier alpha value is -1.80. The molecule has 1 aliphatic heterocycles. The molecule has 6 nitrogen and oxygen atoms in total. The van der Waals surface area contributed by atoms with Crippen LogP contribution in [0.25, 0.3) is 0 Å². The highest BCUT2D eigenvalue weighted by Gasteiger charge is 2.31. The van der Waals surface area contributed by atoms with Crippen molar-refractivity contribution in [2.75, 3.05) is 33.3 Å². The number of carbonyl (C=O) groups excluding carboxylic acids is 1. The van der Waals surface area contributed by atoms with E-state index in [0.29, 0.717) is 29.4 Å². The molecular formula is C19H20Cl2N2O4S. The van der Waals surface area contributed by atoms with Crippen molar-refractivity contribution in [3.63, 3.8) is 0 Å². The minimum atomic E-state index is -3.70. The highest BCUT2D eigenvalue weighted by Crippen LogP contribution is 2.27. The Morgan fingerprint density at radius 1 is 1.00 bits per heavy atom. The van der Waals surface area contributed by atoms with E-state index in [1.54, 1.807) is 24.1 Å². The quantitative estimate of drug-likeness (QED) is 0.726. The fourth-order valence-electron chi connectivity index (χ4n) is 3.05. The highest BCUT2D eigenvalue weighted by atomic mass is 35.5. The summed E-state index contributed by atoms with van der Waals surface area (Å²) in [5, 5.41) is 0.481. The average molecular weight is 443 g/mol. The molecule has 2 aromatic carbocycles. The first-order valence-corrected chi connectivity index (χ1v) is 10.8. The van der Waals surface area contributed by atoms with E-state index >= 15 is 0 Å². The Balaban J connectivity index is 1.71. The molecule has 0 bridgehead atoms. The molecule has 0 atom stereocenters. The lowest BCUT2D eigenvalue weighted by Gasteiger charge is -2.34. The van der Waals surface area contributed by atoms with Crippen molar-refractivity contribution in [3.8, 4) is 5.75 Å². The van der Waals surface area contributed by atoms with E-state index in [9.17, 15) is 13.2 Å². The van der Waals surface area contributed by atoms with Gasteiger partial charge in [0.05, 0.1) is 22.1 Å². The van der Waals surface area contributed by atoms with Crippen LogP contribution in [0.2, 0.25) is 10.0 Å². The van der Waals surface area contributed by atoms with Gasteiger partial charge in [-0.25, -0.2) is 8.42 Å². The number of benzene rings is 2. The molecule has 1 aliphatic rings. The van der Waals surface area contributed by atoms with Crippen molar-refractivity contribution < 1.29 is 17.9 Å². The number of hydrogen-bond acceptors (Lipinski definition) is 4. The van der Waals surface area contributed by atoms with Crippen LogP contribution in [0.4, 0.5) is 0 Å². The van der Waals surface area contributed by atoms with Gasteiger partial charge < -0.3 is 9.64 Å². The number of nitrogens with zero attached hydrogens (tertiary/aromatic N) is 2. The Labute approximate surface area is 174 Å². The molecule has 28 heavy (non-hydrogen) atoms. The van der Waals surface area contributed by atoms with Crippen LogP contribution in [-0.2, 0) is 10.0 Å². The standard InChI is InChI=1S/C19H20Cl2N2O4S/c1-13-3-4-14(11-18(13)27-2)19(24)22-7-9-23(10-8-22)28(25,26)15-5-6-16(20)17(21)12-15/h3-6,11-12H,7-10H2,1-2H3. The van der Waals surface area contributed by atoms with Crippen LogP contribution in [0, 0.1) is 6.92 Å². The van der Waals surface area contributed by atoms with Gasteiger partial charge in [0.1, 0.15) is 5.75 Å². The van der Waals surface area contributed by atoms with E-state index in [1.165, 1.54) is 22.5 Å². The number of sulfonamides is 1. The number of carbonyl (C=O) groups is 1. The van der Waals surface area contributed by atoms with Crippen LogP contribution in [0.1, 0.15) is 15.9 Å². The third kappa shape index (κ3) is 4.12. The van der Waals surface area contributed by atoms with Crippen LogP contribution in [0.15, 0.2) is 41.3 Å². The second-order valence-corrected chi connectivity index (χ2v) is 9.21. The smallest absolute Gasteiger partial charge is 0.254 e. The molecular weight excluding hydrogens is 423 g/mol. The second kappa shape index (κ2) is 8.29. The largest absolute Gasteiger partial charge is 0.496 e. The molecule has 0 aromatic heterocycles. The summed E-state index contributed by atoms with van der Waals surface area (Å²) in [6.07, 6.45) is 0. The predicted octanol–water partition coefficient (Wildman–Crippen LogP) is 3.46. The van der Waals surface area contributed by atoms with Gasteiger partial charge in [0.2, 0.25) is 10.0 Å². The van der Waals surface area contributed by atoms with Crippen LogP contribution in [0.3, 0.4) is 0 Å². The third-order valence-corrected chi connectivity index (χ3v) is 7.34. The van der Waals surface area contributed by atoms with Gasteiger partial charge in [0.15, 0.2) is 0 Å². The lowest BCUT2D eigenvalue weighted by Crippen LogP contribution is -2.50. The second-order valence-electron chi connectivity index (χ2n) is 6.46. The summed E-state index contributed by atoms with van der Waals surface area (Å²) in [7, 11) is -2.14. The normalized spacial score (nSPS) is 15.5. The highest BCUT2D eigenvalue weighted by molar-refractivity contribution is 7.89. The summed E-state index contributed by atoms with van der Waals surface area (Å²) in [5.41, 5.74) is 1.46. The van der Waals surface area contributed by atoms with Crippen LogP contribution >= 0.6 is 23.2 Å². The van der Waals surface area contributed by atoms with Crippen LogP contribution < -0.4 is 4.74 Å². The van der Waals surface area contributed by atoms with E-state index in [0.717, 1.165) is 5.56 Å². The lowest BCUT2D eigenvalue weighted by atomic mass is 10.1. The van der Waals surface area contributed by atoms with E-state index in [1.807, 2.05) is 13.0 Å². The number of ether oxygens (including phenoxy) is 1. The van der Waals surface area contributed by atoms with Gasteiger partial charge >= 0.3 is 0 Å². The van der Waals surface area contributed by atoms with Crippen molar-refractivity contribution in [1.82, 2.24) is 9.21 Å². The zero-order valence-corrected chi connectivity index (χ0v) is 17.8. The molecule has 2 aromatic rings. The summed E-state index contributed by atoms with van der Waals surface area (Å²) < 4.78 is 32.3.